The average molecular weight is 334 g/mol. The van der Waals surface area contributed by atoms with Gasteiger partial charge in [-0.2, -0.15) is 0 Å². The SMILES string of the molecule is COc1cc(CNC(C)C(OC)OC)cc(Br)c1O. The molecule has 0 spiro atoms. The van der Waals surface area contributed by atoms with Crippen LogP contribution < -0.4 is 10.1 Å². The molecule has 1 rings (SSSR count). The Labute approximate surface area is 122 Å². The highest BCUT2D eigenvalue weighted by Crippen LogP contribution is 2.35. The maximum Gasteiger partial charge on any atom is 0.172 e. The highest BCUT2D eigenvalue weighted by Gasteiger charge is 2.15. The van der Waals surface area contributed by atoms with Gasteiger partial charge < -0.3 is 24.6 Å². The van der Waals surface area contributed by atoms with E-state index in [-0.39, 0.29) is 18.1 Å². The fraction of sp³-hybridized carbons (Fsp3) is 0.538. The molecule has 1 aromatic rings. The van der Waals surface area contributed by atoms with Crippen LogP contribution in [0, 0.1) is 0 Å². The number of methoxy groups -OCH3 is 3. The zero-order valence-corrected chi connectivity index (χ0v) is 13.2. The predicted molar refractivity (Wildman–Crippen MR) is 76.5 cm³/mol. The van der Waals surface area contributed by atoms with Gasteiger partial charge in [0.15, 0.2) is 17.8 Å². The first-order chi connectivity index (χ1) is 9.03. The standard InChI is InChI=1S/C13H20BrNO4/c1-8(13(18-3)19-4)15-7-9-5-10(14)12(16)11(6-9)17-2/h5-6,8,13,15-16H,7H2,1-4H3. The molecule has 0 aromatic heterocycles. The Morgan fingerprint density at radius 1 is 1.26 bits per heavy atom. The molecule has 0 heterocycles. The van der Waals surface area contributed by atoms with Crippen molar-refractivity contribution in [2.75, 3.05) is 21.3 Å². The minimum atomic E-state index is -0.303. The highest BCUT2D eigenvalue weighted by molar-refractivity contribution is 9.10. The summed E-state index contributed by atoms with van der Waals surface area (Å²) in [5.74, 6) is 0.541. The van der Waals surface area contributed by atoms with Crippen molar-refractivity contribution in [2.24, 2.45) is 0 Å². The third kappa shape index (κ3) is 4.35. The van der Waals surface area contributed by atoms with Gasteiger partial charge in [0.2, 0.25) is 0 Å². The fourth-order valence-corrected chi connectivity index (χ4v) is 2.25. The van der Waals surface area contributed by atoms with Gasteiger partial charge in [-0.05, 0) is 40.5 Å². The maximum absolute atomic E-state index is 9.73. The van der Waals surface area contributed by atoms with Crippen LogP contribution in [0.1, 0.15) is 12.5 Å². The van der Waals surface area contributed by atoms with E-state index in [1.165, 1.54) is 7.11 Å². The lowest BCUT2D eigenvalue weighted by atomic mass is 10.2. The van der Waals surface area contributed by atoms with E-state index in [0.29, 0.717) is 16.8 Å². The van der Waals surface area contributed by atoms with Crippen molar-refractivity contribution in [3.63, 3.8) is 0 Å². The number of ether oxygens (including phenoxy) is 3. The molecular formula is C13H20BrNO4. The van der Waals surface area contributed by atoms with Crippen molar-refractivity contribution >= 4 is 15.9 Å². The molecule has 0 amide bonds. The molecule has 1 unspecified atom stereocenters. The molecule has 0 aliphatic rings. The first-order valence-electron chi connectivity index (χ1n) is 5.87. The minimum Gasteiger partial charge on any atom is -0.503 e. The lowest BCUT2D eigenvalue weighted by Crippen LogP contribution is -2.39. The van der Waals surface area contributed by atoms with Gasteiger partial charge in [-0.15, -0.1) is 0 Å². The summed E-state index contributed by atoms with van der Waals surface area (Å²) in [6.45, 7) is 2.59. The predicted octanol–water partition coefficient (Wildman–Crippen LogP) is 2.26. The zero-order valence-electron chi connectivity index (χ0n) is 11.6. The molecule has 1 atom stereocenters. The van der Waals surface area contributed by atoms with Crippen molar-refractivity contribution in [3.8, 4) is 11.5 Å². The first-order valence-corrected chi connectivity index (χ1v) is 6.67. The van der Waals surface area contributed by atoms with E-state index >= 15 is 0 Å². The summed E-state index contributed by atoms with van der Waals surface area (Å²) in [6, 6.07) is 3.66. The van der Waals surface area contributed by atoms with Crippen molar-refractivity contribution in [1.29, 1.82) is 0 Å². The normalized spacial score (nSPS) is 12.7. The smallest absolute Gasteiger partial charge is 0.172 e. The Hall–Kier alpha value is -0.820. The summed E-state index contributed by atoms with van der Waals surface area (Å²) < 4.78 is 16.1. The zero-order chi connectivity index (χ0) is 14.4. The quantitative estimate of drug-likeness (QED) is 0.749. The number of nitrogens with one attached hydrogen (secondary N) is 1. The number of aromatic hydroxyl groups is 1. The van der Waals surface area contributed by atoms with Gasteiger partial charge in [0, 0.05) is 20.8 Å². The topological polar surface area (TPSA) is 60.0 Å². The number of phenols is 1. The number of rotatable bonds is 7. The van der Waals surface area contributed by atoms with Gasteiger partial charge in [-0.3, -0.25) is 0 Å². The molecular weight excluding hydrogens is 314 g/mol. The van der Waals surface area contributed by atoms with Crippen LogP contribution in [0.5, 0.6) is 11.5 Å². The van der Waals surface area contributed by atoms with Crippen LogP contribution in [0.4, 0.5) is 0 Å². The van der Waals surface area contributed by atoms with Gasteiger partial charge in [0.25, 0.3) is 0 Å². The molecule has 1 aromatic carbocycles. The molecule has 0 saturated heterocycles. The first kappa shape index (κ1) is 16.2. The largest absolute Gasteiger partial charge is 0.503 e. The number of phenolic OH excluding ortho intramolecular Hbond substituents is 1. The molecule has 0 aliphatic carbocycles. The van der Waals surface area contributed by atoms with E-state index in [1.54, 1.807) is 20.3 Å². The van der Waals surface area contributed by atoms with Crippen molar-refractivity contribution in [2.45, 2.75) is 25.8 Å². The lowest BCUT2D eigenvalue weighted by Gasteiger charge is -2.22. The Morgan fingerprint density at radius 3 is 2.42 bits per heavy atom. The van der Waals surface area contributed by atoms with Gasteiger partial charge in [0.05, 0.1) is 17.6 Å². The Kier molecular flexibility index (Phi) is 6.57. The molecule has 0 bridgehead atoms. The summed E-state index contributed by atoms with van der Waals surface area (Å²) >= 11 is 3.29. The minimum absolute atomic E-state index is 0.0357. The van der Waals surface area contributed by atoms with Crippen molar-refractivity contribution in [1.82, 2.24) is 5.32 Å². The third-order valence-electron chi connectivity index (χ3n) is 2.81. The van der Waals surface area contributed by atoms with Crippen molar-refractivity contribution < 1.29 is 19.3 Å². The summed E-state index contributed by atoms with van der Waals surface area (Å²) in [4.78, 5) is 0. The second-order valence-corrected chi connectivity index (χ2v) is 4.99. The summed E-state index contributed by atoms with van der Waals surface area (Å²) in [5, 5.41) is 13.0. The van der Waals surface area contributed by atoms with Crippen LogP contribution in [0.3, 0.4) is 0 Å². The molecule has 5 nitrogen and oxygen atoms in total. The molecule has 0 aliphatic heterocycles. The average Bonchev–Trinajstić information content (AvgIpc) is 2.41. The molecule has 0 radical (unpaired) electrons. The second kappa shape index (κ2) is 7.69. The Balaban J connectivity index is 2.70. The van der Waals surface area contributed by atoms with Crippen LogP contribution in [0.2, 0.25) is 0 Å². The monoisotopic (exact) mass is 333 g/mol. The second-order valence-electron chi connectivity index (χ2n) is 4.14. The summed E-state index contributed by atoms with van der Waals surface area (Å²) in [6.07, 6.45) is -0.303. The number of hydrogen-bond donors (Lipinski definition) is 2. The molecule has 0 saturated carbocycles. The Bertz CT molecular complexity index is 410. The Morgan fingerprint density at radius 2 is 1.89 bits per heavy atom. The maximum atomic E-state index is 9.73. The molecule has 19 heavy (non-hydrogen) atoms. The summed E-state index contributed by atoms with van der Waals surface area (Å²) in [7, 11) is 4.73. The van der Waals surface area contributed by atoms with Crippen LogP contribution >= 0.6 is 15.9 Å². The molecule has 108 valence electrons. The van der Waals surface area contributed by atoms with Gasteiger partial charge in [-0.1, -0.05) is 0 Å². The van der Waals surface area contributed by atoms with Crippen LogP contribution in [-0.2, 0) is 16.0 Å². The number of halogens is 1. The van der Waals surface area contributed by atoms with E-state index in [4.69, 9.17) is 14.2 Å². The molecule has 6 heteroatoms. The van der Waals surface area contributed by atoms with E-state index in [1.807, 2.05) is 13.0 Å². The molecule has 2 N–H and O–H groups in total. The van der Waals surface area contributed by atoms with E-state index in [9.17, 15) is 5.11 Å². The van der Waals surface area contributed by atoms with E-state index in [0.717, 1.165) is 5.56 Å². The van der Waals surface area contributed by atoms with Crippen molar-refractivity contribution in [3.05, 3.63) is 22.2 Å². The van der Waals surface area contributed by atoms with E-state index < -0.39 is 0 Å². The number of benzene rings is 1. The lowest BCUT2D eigenvalue weighted by molar-refractivity contribution is -0.119. The van der Waals surface area contributed by atoms with Crippen LogP contribution in [-0.4, -0.2) is 38.8 Å². The highest BCUT2D eigenvalue weighted by atomic mass is 79.9. The third-order valence-corrected chi connectivity index (χ3v) is 3.41. The van der Waals surface area contributed by atoms with Gasteiger partial charge in [0.1, 0.15) is 0 Å². The van der Waals surface area contributed by atoms with Gasteiger partial charge >= 0.3 is 0 Å². The number of hydrogen-bond acceptors (Lipinski definition) is 5. The molecule has 0 fully saturated rings. The summed E-state index contributed by atoms with van der Waals surface area (Å²) in [5.41, 5.74) is 0.985. The van der Waals surface area contributed by atoms with E-state index in [2.05, 4.69) is 21.2 Å². The van der Waals surface area contributed by atoms with Crippen LogP contribution in [0.15, 0.2) is 16.6 Å². The van der Waals surface area contributed by atoms with Gasteiger partial charge in [-0.25, -0.2) is 0 Å². The fourth-order valence-electron chi connectivity index (χ4n) is 1.76. The van der Waals surface area contributed by atoms with Crippen LogP contribution in [0.25, 0.3) is 0 Å².